The molecule has 1 aliphatic carbocycles. The number of carbonyl (C=O) groups excluding carboxylic acids is 2. The number of anilines is 1. The van der Waals surface area contributed by atoms with Gasteiger partial charge in [0.05, 0.1) is 11.9 Å². The molecule has 1 atom stereocenters. The second kappa shape index (κ2) is 14.9. The molecule has 0 aliphatic heterocycles. The monoisotopic (exact) mass is 645 g/mol. The molecule has 43 heavy (non-hydrogen) atoms. The number of para-hydroxylation sites is 1. The van der Waals surface area contributed by atoms with Crippen LogP contribution in [0.4, 0.5) is 5.69 Å². The Morgan fingerprint density at radius 1 is 0.953 bits per heavy atom. The maximum atomic E-state index is 14.0. The van der Waals surface area contributed by atoms with Crippen molar-refractivity contribution in [3.63, 3.8) is 0 Å². The van der Waals surface area contributed by atoms with Gasteiger partial charge in [0.2, 0.25) is 21.8 Å². The van der Waals surface area contributed by atoms with E-state index in [1.807, 2.05) is 37.3 Å². The highest BCUT2D eigenvalue weighted by Gasteiger charge is 2.33. The zero-order valence-corrected chi connectivity index (χ0v) is 26.7. The van der Waals surface area contributed by atoms with Crippen LogP contribution < -0.4 is 14.4 Å². The standard InChI is InChI=1S/C32H37Cl2N3O5S/c1-3-30(32(39)35-25-10-6-4-7-11-25)36(21-23-14-15-24(33)20-29(23)34)31(38)22-37(43(2,40)41)26-16-18-28(19-17-26)42-27-12-8-5-9-13-27/h5,8-9,12-20,25,30H,3-4,6-7,10-11,21-22H2,1-2H3,(H,35,39)/t30-/m0/s1. The highest BCUT2D eigenvalue weighted by Crippen LogP contribution is 2.28. The fraction of sp³-hybridized carbons (Fsp3) is 0.375. The number of benzene rings is 3. The van der Waals surface area contributed by atoms with Crippen LogP contribution in [0.25, 0.3) is 0 Å². The van der Waals surface area contributed by atoms with Crippen LogP contribution in [0, 0.1) is 0 Å². The van der Waals surface area contributed by atoms with Crippen molar-refractivity contribution in [1.29, 1.82) is 0 Å². The predicted octanol–water partition coefficient (Wildman–Crippen LogP) is 6.81. The molecular weight excluding hydrogens is 609 g/mol. The van der Waals surface area contributed by atoms with Gasteiger partial charge in [-0.3, -0.25) is 13.9 Å². The van der Waals surface area contributed by atoms with Crippen LogP contribution in [0.5, 0.6) is 11.5 Å². The van der Waals surface area contributed by atoms with Crippen LogP contribution in [0.15, 0.2) is 72.8 Å². The molecule has 3 aromatic rings. The summed E-state index contributed by atoms with van der Waals surface area (Å²) in [5, 5.41) is 3.91. The minimum atomic E-state index is -3.88. The van der Waals surface area contributed by atoms with Gasteiger partial charge >= 0.3 is 0 Å². The summed E-state index contributed by atoms with van der Waals surface area (Å²) in [6.45, 7) is 1.33. The zero-order chi connectivity index (χ0) is 31.0. The van der Waals surface area contributed by atoms with Gasteiger partial charge in [-0.2, -0.15) is 0 Å². The van der Waals surface area contributed by atoms with Gasteiger partial charge in [-0.15, -0.1) is 0 Å². The van der Waals surface area contributed by atoms with Crippen molar-refractivity contribution in [3.8, 4) is 11.5 Å². The lowest BCUT2D eigenvalue weighted by Gasteiger charge is -2.34. The fourth-order valence-electron chi connectivity index (χ4n) is 5.22. The first kappa shape index (κ1) is 32.6. The number of hydrogen-bond donors (Lipinski definition) is 1. The van der Waals surface area contributed by atoms with Gasteiger partial charge in [-0.25, -0.2) is 8.42 Å². The molecule has 8 nitrogen and oxygen atoms in total. The third-order valence-electron chi connectivity index (χ3n) is 7.48. The van der Waals surface area contributed by atoms with Gasteiger partial charge in [0, 0.05) is 22.6 Å². The topological polar surface area (TPSA) is 96.0 Å². The summed E-state index contributed by atoms with van der Waals surface area (Å²) in [5.41, 5.74) is 0.886. The molecule has 1 saturated carbocycles. The molecule has 0 saturated heterocycles. The Kier molecular flexibility index (Phi) is 11.3. The number of amides is 2. The number of nitrogens with one attached hydrogen (secondary N) is 1. The molecule has 11 heteroatoms. The molecular formula is C32H37Cl2N3O5S. The Labute approximate surface area is 264 Å². The van der Waals surface area contributed by atoms with Crippen molar-refractivity contribution in [2.75, 3.05) is 17.1 Å². The third-order valence-corrected chi connectivity index (χ3v) is 9.20. The van der Waals surface area contributed by atoms with E-state index in [1.54, 1.807) is 42.5 Å². The van der Waals surface area contributed by atoms with Crippen molar-refractivity contribution < 1.29 is 22.7 Å². The van der Waals surface area contributed by atoms with E-state index in [0.29, 0.717) is 39.2 Å². The Morgan fingerprint density at radius 2 is 1.60 bits per heavy atom. The zero-order valence-electron chi connectivity index (χ0n) is 24.3. The number of halogens is 2. The van der Waals surface area contributed by atoms with Crippen LogP contribution in [0.1, 0.15) is 51.0 Å². The Hall–Kier alpha value is -3.27. The average Bonchev–Trinajstić information content (AvgIpc) is 2.98. The lowest BCUT2D eigenvalue weighted by molar-refractivity contribution is -0.140. The third kappa shape index (κ3) is 9.11. The summed E-state index contributed by atoms with van der Waals surface area (Å²) in [7, 11) is -3.88. The number of nitrogens with zero attached hydrogens (tertiary/aromatic N) is 2. The van der Waals surface area contributed by atoms with Crippen LogP contribution >= 0.6 is 23.2 Å². The van der Waals surface area contributed by atoms with E-state index in [-0.39, 0.29) is 18.5 Å². The van der Waals surface area contributed by atoms with E-state index < -0.39 is 28.5 Å². The molecule has 1 aliphatic rings. The van der Waals surface area contributed by atoms with Crippen LogP contribution in [0.3, 0.4) is 0 Å². The van der Waals surface area contributed by atoms with Gasteiger partial charge in [-0.1, -0.05) is 73.7 Å². The average molecular weight is 647 g/mol. The molecule has 230 valence electrons. The van der Waals surface area contributed by atoms with E-state index >= 15 is 0 Å². The largest absolute Gasteiger partial charge is 0.457 e. The number of carbonyl (C=O) groups is 2. The van der Waals surface area contributed by atoms with Crippen molar-refractivity contribution in [1.82, 2.24) is 10.2 Å². The van der Waals surface area contributed by atoms with Crippen molar-refractivity contribution >= 4 is 50.7 Å². The van der Waals surface area contributed by atoms with Crippen LogP contribution in [-0.4, -0.2) is 50.0 Å². The van der Waals surface area contributed by atoms with Crippen LogP contribution in [-0.2, 0) is 26.2 Å². The summed E-state index contributed by atoms with van der Waals surface area (Å²) in [4.78, 5) is 29.0. The molecule has 0 unspecified atom stereocenters. The van der Waals surface area contributed by atoms with Gasteiger partial charge in [-0.05, 0) is 73.4 Å². The second-order valence-corrected chi connectivity index (χ2v) is 13.5. The summed E-state index contributed by atoms with van der Waals surface area (Å²) < 4.78 is 32.8. The molecule has 1 N–H and O–H groups in total. The maximum Gasteiger partial charge on any atom is 0.244 e. The number of sulfonamides is 1. The molecule has 0 radical (unpaired) electrons. The molecule has 0 bridgehead atoms. The van der Waals surface area contributed by atoms with E-state index in [4.69, 9.17) is 27.9 Å². The van der Waals surface area contributed by atoms with Gasteiger partial charge in [0.25, 0.3) is 0 Å². The molecule has 0 spiro atoms. The Balaban J connectivity index is 1.60. The maximum absolute atomic E-state index is 14.0. The molecule has 0 aromatic heterocycles. The summed E-state index contributed by atoms with van der Waals surface area (Å²) in [5.74, 6) is 0.353. The van der Waals surface area contributed by atoms with E-state index in [2.05, 4.69) is 5.32 Å². The first-order valence-corrected chi connectivity index (χ1v) is 17.0. The Bertz CT molecular complexity index is 1500. The summed E-state index contributed by atoms with van der Waals surface area (Å²) >= 11 is 12.6. The smallest absolute Gasteiger partial charge is 0.244 e. The van der Waals surface area contributed by atoms with E-state index in [1.165, 1.54) is 4.90 Å². The lowest BCUT2D eigenvalue weighted by Crippen LogP contribution is -2.54. The first-order chi connectivity index (χ1) is 20.5. The van der Waals surface area contributed by atoms with E-state index in [0.717, 1.165) is 42.7 Å². The minimum absolute atomic E-state index is 0.00683. The molecule has 4 rings (SSSR count). The van der Waals surface area contributed by atoms with Crippen molar-refractivity contribution in [2.45, 2.75) is 64.1 Å². The predicted molar refractivity (Wildman–Crippen MR) is 171 cm³/mol. The quantitative estimate of drug-likeness (QED) is 0.233. The minimum Gasteiger partial charge on any atom is -0.457 e. The number of hydrogen-bond acceptors (Lipinski definition) is 5. The Morgan fingerprint density at radius 3 is 2.21 bits per heavy atom. The highest BCUT2D eigenvalue weighted by atomic mass is 35.5. The normalized spacial score (nSPS) is 14.5. The molecule has 0 heterocycles. The molecule has 1 fully saturated rings. The van der Waals surface area contributed by atoms with Crippen molar-refractivity contribution in [2.24, 2.45) is 0 Å². The summed E-state index contributed by atoms with van der Waals surface area (Å²) in [6.07, 6.45) is 6.40. The van der Waals surface area contributed by atoms with Gasteiger partial charge in [0.1, 0.15) is 24.1 Å². The highest BCUT2D eigenvalue weighted by molar-refractivity contribution is 7.92. The second-order valence-electron chi connectivity index (χ2n) is 10.7. The fourth-order valence-corrected chi connectivity index (χ4v) is 6.53. The molecule has 2 amide bonds. The number of rotatable bonds is 12. The van der Waals surface area contributed by atoms with Crippen molar-refractivity contribution in [3.05, 3.63) is 88.4 Å². The first-order valence-electron chi connectivity index (χ1n) is 14.4. The van der Waals surface area contributed by atoms with Gasteiger partial charge in [0.15, 0.2) is 0 Å². The summed E-state index contributed by atoms with van der Waals surface area (Å²) in [6, 6.07) is 19.8. The van der Waals surface area contributed by atoms with Crippen LogP contribution in [0.2, 0.25) is 10.0 Å². The van der Waals surface area contributed by atoms with Gasteiger partial charge < -0.3 is 15.0 Å². The SMILES string of the molecule is CC[C@@H](C(=O)NC1CCCCC1)N(Cc1ccc(Cl)cc1Cl)C(=O)CN(c1ccc(Oc2ccccc2)cc1)S(C)(=O)=O. The lowest BCUT2D eigenvalue weighted by atomic mass is 9.95. The molecule has 3 aromatic carbocycles. The van der Waals surface area contributed by atoms with E-state index in [9.17, 15) is 18.0 Å². The number of ether oxygens (including phenoxy) is 1.